The Bertz CT molecular complexity index is 744. The first-order chi connectivity index (χ1) is 8.38. The minimum absolute atomic E-state index is 0.367. The van der Waals surface area contributed by atoms with Gasteiger partial charge in [0.15, 0.2) is 0 Å². The monoisotopic (exact) mass is 239 g/mol. The molecule has 0 unspecified atom stereocenters. The maximum atomic E-state index is 5.56. The Hall–Kier alpha value is -1.91. The van der Waals surface area contributed by atoms with E-state index in [9.17, 15) is 0 Å². The van der Waals surface area contributed by atoms with E-state index in [-0.39, 0.29) is 0 Å². The van der Waals surface area contributed by atoms with Crippen LogP contribution in [0.2, 0.25) is 0 Å². The molecule has 1 nitrogen and oxygen atoms in total. The lowest BCUT2D eigenvalue weighted by Gasteiger charge is -1.92. The Morgan fingerprint density at radius 3 is 2.71 bits per heavy atom. The second-order valence-electron chi connectivity index (χ2n) is 3.87. The van der Waals surface area contributed by atoms with Crippen LogP contribution in [0.25, 0.3) is 21.8 Å². The summed E-state index contributed by atoms with van der Waals surface area (Å²) in [6.45, 7) is 0. The number of H-pyrrole nitrogens is 1. The zero-order valence-electron chi connectivity index (χ0n) is 9.13. The molecule has 0 aliphatic rings. The van der Waals surface area contributed by atoms with Crippen molar-refractivity contribution in [1.82, 2.24) is 4.98 Å². The average Bonchev–Trinajstić information content (AvgIpc) is 2.74. The molecule has 0 spiro atoms. The Morgan fingerprint density at radius 2 is 1.82 bits per heavy atom. The van der Waals surface area contributed by atoms with Gasteiger partial charge >= 0.3 is 0 Å². The van der Waals surface area contributed by atoms with Crippen molar-refractivity contribution in [3.63, 3.8) is 0 Å². The molecule has 0 aliphatic carbocycles. The van der Waals surface area contributed by atoms with Crippen molar-refractivity contribution in [3.8, 4) is 11.8 Å². The number of alkyl halides is 1. The minimum Gasteiger partial charge on any atom is -0.355 e. The molecule has 0 radical (unpaired) electrons. The molecule has 0 aliphatic heterocycles. The molecule has 0 bridgehead atoms. The van der Waals surface area contributed by atoms with Gasteiger partial charge in [0.05, 0.1) is 5.88 Å². The lowest BCUT2D eigenvalue weighted by molar-refractivity contribution is 1.54. The molecular formula is C15H10ClN. The number of hydrogen-bond acceptors (Lipinski definition) is 0. The SMILES string of the molecule is ClCC#Cc1ccc2[nH]c3ccccc3c2c1. The minimum atomic E-state index is 0.367. The third-order valence-electron chi connectivity index (χ3n) is 2.81. The fraction of sp³-hybridized carbons (Fsp3) is 0.0667. The molecule has 82 valence electrons. The van der Waals surface area contributed by atoms with Crippen LogP contribution in [0.4, 0.5) is 0 Å². The number of fused-ring (bicyclic) bond motifs is 3. The molecule has 2 aromatic carbocycles. The Morgan fingerprint density at radius 1 is 1.00 bits per heavy atom. The van der Waals surface area contributed by atoms with E-state index in [4.69, 9.17) is 11.6 Å². The van der Waals surface area contributed by atoms with E-state index in [1.54, 1.807) is 0 Å². The van der Waals surface area contributed by atoms with Gasteiger partial charge in [-0.15, -0.1) is 11.6 Å². The molecule has 1 heterocycles. The number of nitrogens with one attached hydrogen (secondary N) is 1. The lowest BCUT2D eigenvalue weighted by atomic mass is 10.1. The van der Waals surface area contributed by atoms with Crippen LogP contribution in [0.15, 0.2) is 42.5 Å². The van der Waals surface area contributed by atoms with Crippen molar-refractivity contribution in [2.45, 2.75) is 0 Å². The molecule has 3 aromatic rings. The normalized spacial score (nSPS) is 10.4. The van der Waals surface area contributed by atoms with Gasteiger partial charge < -0.3 is 4.98 Å². The summed E-state index contributed by atoms with van der Waals surface area (Å²) < 4.78 is 0. The highest BCUT2D eigenvalue weighted by Crippen LogP contribution is 2.25. The van der Waals surface area contributed by atoms with Gasteiger partial charge in [-0.25, -0.2) is 0 Å². The zero-order valence-corrected chi connectivity index (χ0v) is 9.88. The molecule has 0 saturated heterocycles. The van der Waals surface area contributed by atoms with Crippen molar-refractivity contribution < 1.29 is 0 Å². The molecule has 0 atom stereocenters. The maximum Gasteiger partial charge on any atom is 0.0839 e. The van der Waals surface area contributed by atoms with E-state index >= 15 is 0 Å². The molecular weight excluding hydrogens is 230 g/mol. The van der Waals surface area contributed by atoms with E-state index in [2.05, 4.69) is 41.1 Å². The van der Waals surface area contributed by atoms with Crippen LogP contribution in [0.1, 0.15) is 5.56 Å². The molecule has 17 heavy (non-hydrogen) atoms. The second-order valence-corrected chi connectivity index (χ2v) is 4.13. The van der Waals surface area contributed by atoms with Gasteiger partial charge in [-0.2, -0.15) is 0 Å². The van der Waals surface area contributed by atoms with Crippen molar-refractivity contribution >= 4 is 33.4 Å². The van der Waals surface area contributed by atoms with Crippen molar-refractivity contribution in [1.29, 1.82) is 0 Å². The number of hydrogen-bond donors (Lipinski definition) is 1. The number of benzene rings is 2. The summed E-state index contributed by atoms with van der Waals surface area (Å²) in [7, 11) is 0. The molecule has 1 aromatic heterocycles. The van der Waals surface area contributed by atoms with Crippen LogP contribution in [-0.4, -0.2) is 10.9 Å². The Kier molecular flexibility index (Phi) is 2.51. The second kappa shape index (κ2) is 4.16. The van der Waals surface area contributed by atoms with E-state index < -0.39 is 0 Å². The summed E-state index contributed by atoms with van der Waals surface area (Å²) in [5.41, 5.74) is 3.30. The Labute approximate surface area is 104 Å². The van der Waals surface area contributed by atoms with E-state index in [1.807, 2.05) is 18.2 Å². The smallest absolute Gasteiger partial charge is 0.0839 e. The van der Waals surface area contributed by atoms with Crippen LogP contribution in [0, 0.1) is 11.8 Å². The molecule has 0 fully saturated rings. The first-order valence-electron chi connectivity index (χ1n) is 5.44. The standard InChI is InChI=1S/C15H10ClN/c16-9-3-4-11-7-8-15-13(10-11)12-5-1-2-6-14(12)17-15/h1-2,5-8,10,17H,9H2. The molecule has 2 heteroatoms. The number of para-hydroxylation sites is 1. The largest absolute Gasteiger partial charge is 0.355 e. The average molecular weight is 240 g/mol. The van der Waals surface area contributed by atoms with Gasteiger partial charge in [-0.1, -0.05) is 30.0 Å². The van der Waals surface area contributed by atoms with Crippen LogP contribution in [0.5, 0.6) is 0 Å². The van der Waals surface area contributed by atoms with Gasteiger partial charge in [0.25, 0.3) is 0 Å². The quantitative estimate of drug-likeness (QED) is 0.452. The lowest BCUT2D eigenvalue weighted by Crippen LogP contribution is -1.74. The summed E-state index contributed by atoms with van der Waals surface area (Å²) in [5.74, 6) is 6.29. The summed E-state index contributed by atoms with van der Waals surface area (Å²) in [6, 6.07) is 14.5. The first kappa shape index (κ1) is 10.3. The summed E-state index contributed by atoms with van der Waals surface area (Å²) >= 11 is 5.56. The number of halogens is 1. The summed E-state index contributed by atoms with van der Waals surface area (Å²) in [4.78, 5) is 3.39. The highest BCUT2D eigenvalue weighted by atomic mass is 35.5. The van der Waals surface area contributed by atoms with Crippen LogP contribution in [0.3, 0.4) is 0 Å². The number of rotatable bonds is 0. The van der Waals surface area contributed by atoms with Gasteiger partial charge in [0.1, 0.15) is 0 Å². The maximum absolute atomic E-state index is 5.56. The van der Waals surface area contributed by atoms with Crippen molar-refractivity contribution in [2.75, 3.05) is 5.88 Å². The predicted molar refractivity (Wildman–Crippen MR) is 73.4 cm³/mol. The van der Waals surface area contributed by atoms with E-state index in [1.165, 1.54) is 10.8 Å². The third kappa shape index (κ3) is 1.77. The van der Waals surface area contributed by atoms with Crippen LogP contribution < -0.4 is 0 Å². The number of aromatic amines is 1. The van der Waals surface area contributed by atoms with Gasteiger partial charge in [0, 0.05) is 27.4 Å². The molecule has 0 saturated carbocycles. The van der Waals surface area contributed by atoms with E-state index in [0.717, 1.165) is 16.6 Å². The third-order valence-corrected chi connectivity index (χ3v) is 2.94. The van der Waals surface area contributed by atoms with Gasteiger partial charge in [-0.05, 0) is 24.3 Å². The fourth-order valence-electron chi connectivity index (χ4n) is 2.06. The van der Waals surface area contributed by atoms with Crippen LogP contribution >= 0.6 is 11.6 Å². The van der Waals surface area contributed by atoms with Crippen LogP contribution in [-0.2, 0) is 0 Å². The predicted octanol–water partition coefficient (Wildman–Crippen LogP) is 3.91. The number of aromatic nitrogens is 1. The zero-order chi connectivity index (χ0) is 11.7. The fourth-order valence-corrected chi connectivity index (χ4v) is 2.13. The van der Waals surface area contributed by atoms with E-state index in [0.29, 0.717) is 5.88 Å². The summed E-state index contributed by atoms with van der Waals surface area (Å²) in [6.07, 6.45) is 0. The summed E-state index contributed by atoms with van der Waals surface area (Å²) in [5, 5.41) is 2.44. The highest BCUT2D eigenvalue weighted by Gasteiger charge is 2.02. The van der Waals surface area contributed by atoms with Gasteiger partial charge in [-0.3, -0.25) is 0 Å². The molecule has 3 rings (SSSR count). The highest BCUT2D eigenvalue weighted by molar-refractivity contribution is 6.19. The van der Waals surface area contributed by atoms with Crippen molar-refractivity contribution in [3.05, 3.63) is 48.0 Å². The van der Waals surface area contributed by atoms with Gasteiger partial charge in [0.2, 0.25) is 0 Å². The Balaban J connectivity index is 2.30. The topological polar surface area (TPSA) is 15.8 Å². The molecule has 1 N–H and O–H groups in total. The molecule has 0 amide bonds. The first-order valence-corrected chi connectivity index (χ1v) is 5.97. The van der Waals surface area contributed by atoms with Crippen molar-refractivity contribution in [2.24, 2.45) is 0 Å².